The van der Waals surface area contributed by atoms with Crippen molar-refractivity contribution in [3.63, 3.8) is 0 Å². The molecule has 0 aliphatic carbocycles. The Morgan fingerprint density at radius 2 is 1.80 bits per heavy atom. The minimum absolute atomic E-state index is 0.00109. The quantitative estimate of drug-likeness (QED) is 0.468. The van der Waals surface area contributed by atoms with Crippen LogP contribution in [0, 0.1) is 11.6 Å². The van der Waals surface area contributed by atoms with Gasteiger partial charge >= 0.3 is 5.97 Å². The van der Waals surface area contributed by atoms with E-state index in [1.54, 1.807) is 49.6 Å². The topological polar surface area (TPSA) is 61.2 Å². The molecule has 0 atom stereocenters. The highest BCUT2D eigenvalue weighted by Crippen LogP contribution is 2.26. The van der Waals surface area contributed by atoms with Crippen molar-refractivity contribution < 1.29 is 18.3 Å². The lowest BCUT2D eigenvalue weighted by Gasteiger charge is -2.15. The molecule has 0 radical (unpaired) electrons. The van der Waals surface area contributed by atoms with Crippen LogP contribution < -0.4 is 5.43 Å². The zero-order chi connectivity index (χ0) is 21.3. The van der Waals surface area contributed by atoms with E-state index in [2.05, 4.69) is 4.98 Å². The summed E-state index contributed by atoms with van der Waals surface area (Å²) in [6, 6.07) is 11.7. The minimum Gasteiger partial charge on any atom is -0.462 e. The second-order valence-electron chi connectivity index (χ2n) is 6.53. The average Bonchev–Trinajstić information content (AvgIpc) is 2.75. The van der Waals surface area contributed by atoms with Gasteiger partial charge < -0.3 is 9.30 Å². The molecule has 0 fully saturated rings. The molecule has 4 rings (SSSR count). The van der Waals surface area contributed by atoms with Crippen LogP contribution in [0.2, 0.25) is 0 Å². The van der Waals surface area contributed by atoms with Gasteiger partial charge in [0.2, 0.25) is 5.43 Å². The Morgan fingerprint density at radius 1 is 1.03 bits per heavy atom. The normalized spacial score (nSPS) is 10.9. The van der Waals surface area contributed by atoms with Gasteiger partial charge in [-0.25, -0.2) is 13.6 Å². The van der Waals surface area contributed by atoms with E-state index in [1.807, 2.05) is 0 Å². The summed E-state index contributed by atoms with van der Waals surface area (Å²) >= 11 is 0. The molecule has 0 amide bonds. The number of ether oxygens (including phenoxy) is 1. The summed E-state index contributed by atoms with van der Waals surface area (Å²) in [7, 11) is 0. The third-order valence-electron chi connectivity index (χ3n) is 4.68. The molecule has 2 aromatic heterocycles. The molecule has 4 aromatic rings. The molecular formula is C23H16F2N2O3. The van der Waals surface area contributed by atoms with Gasteiger partial charge in [-0.2, -0.15) is 0 Å². The minimum atomic E-state index is -0.830. The summed E-state index contributed by atoms with van der Waals surface area (Å²) in [5.74, 6) is -2.37. The predicted molar refractivity (Wildman–Crippen MR) is 109 cm³/mol. The lowest BCUT2D eigenvalue weighted by molar-refractivity contribution is 0.0524. The van der Waals surface area contributed by atoms with Crippen molar-refractivity contribution in [2.75, 3.05) is 6.61 Å². The molecular weight excluding hydrogens is 390 g/mol. The van der Waals surface area contributed by atoms with Gasteiger partial charge in [-0.1, -0.05) is 6.07 Å². The lowest BCUT2D eigenvalue weighted by atomic mass is 10.0. The van der Waals surface area contributed by atoms with Crippen molar-refractivity contribution in [3.05, 3.63) is 94.5 Å². The van der Waals surface area contributed by atoms with Crippen LogP contribution in [-0.4, -0.2) is 22.1 Å². The van der Waals surface area contributed by atoms with Crippen molar-refractivity contribution in [1.29, 1.82) is 0 Å². The van der Waals surface area contributed by atoms with Crippen LogP contribution >= 0.6 is 0 Å². The molecule has 0 N–H and O–H groups in total. The number of esters is 1. The maximum absolute atomic E-state index is 14.6. The third-order valence-corrected chi connectivity index (χ3v) is 4.68. The van der Waals surface area contributed by atoms with Crippen molar-refractivity contribution in [3.8, 4) is 16.8 Å². The number of aromatic nitrogens is 2. The number of hydrogen-bond acceptors (Lipinski definition) is 4. The van der Waals surface area contributed by atoms with Gasteiger partial charge in [0.05, 0.1) is 17.8 Å². The van der Waals surface area contributed by atoms with Crippen molar-refractivity contribution in [1.82, 2.24) is 9.55 Å². The molecule has 30 heavy (non-hydrogen) atoms. The summed E-state index contributed by atoms with van der Waals surface area (Å²) in [6.07, 6.45) is 4.50. The van der Waals surface area contributed by atoms with Gasteiger partial charge in [0.15, 0.2) is 0 Å². The maximum Gasteiger partial charge on any atom is 0.343 e. The molecule has 0 unspecified atom stereocenters. The fourth-order valence-electron chi connectivity index (χ4n) is 3.28. The summed E-state index contributed by atoms with van der Waals surface area (Å²) in [5, 5.41) is 0.210. The first kappa shape index (κ1) is 19.4. The first-order valence-corrected chi connectivity index (χ1v) is 9.22. The van der Waals surface area contributed by atoms with E-state index < -0.39 is 23.0 Å². The molecule has 2 heterocycles. The summed E-state index contributed by atoms with van der Waals surface area (Å²) < 4.78 is 34.4. The van der Waals surface area contributed by atoms with Crippen LogP contribution in [-0.2, 0) is 4.74 Å². The van der Waals surface area contributed by atoms with Gasteiger partial charge in [0.1, 0.15) is 17.2 Å². The molecule has 0 aliphatic heterocycles. The fourth-order valence-corrected chi connectivity index (χ4v) is 3.28. The molecule has 5 nitrogen and oxygen atoms in total. The van der Waals surface area contributed by atoms with Crippen molar-refractivity contribution in [2.45, 2.75) is 6.92 Å². The zero-order valence-electron chi connectivity index (χ0n) is 15.9. The molecule has 0 spiro atoms. The molecule has 0 saturated heterocycles. The van der Waals surface area contributed by atoms with E-state index in [0.717, 1.165) is 23.3 Å². The fraction of sp³-hybridized carbons (Fsp3) is 0.0870. The van der Waals surface area contributed by atoms with Crippen molar-refractivity contribution in [2.24, 2.45) is 0 Å². The second-order valence-corrected chi connectivity index (χ2v) is 6.53. The maximum atomic E-state index is 14.6. The third kappa shape index (κ3) is 3.45. The number of halogens is 2. The first-order chi connectivity index (χ1) is 14.5. The van der Waals surface area contributed by atoms with E-state index in [1.165, 1.54) is 16.8 Å². The number of hydrogen-bond donors (Lipinski definition) is 0. The van der Waals surface area contributed by atoms with E-state index in [-0.39, 0.29) is 23.2 Å². The monoisotopic (exact) mass is 406 g/mol. The average molecular weight is 406 g/mol. The molecule has 7 heteroatoms. The van der Waals surface area contributed by atoms with Crippen LogP contribution in [0.1, 0.15) is 17.3 Å². The van der Waals surface area contributed by atoms with E-state index in [4.69, 9.17) is 4.74 Å². The number of fused-ring (bicyclic) bond motifs is 1. The molecule has 0 bridgehead atoms. The Kier molecular flexibility index (Phi) is 5.10. The molecule has 150 valence electrons. The Bertz CT molecular complexity index is 1320. The van der Waals surface area contributed by atoms with Crippen LogP contribution in [0.3, 0.4) is 0 Å². The Morgan fingerprint density at radius 3 is 2.50 bits per heavy atom. The van der Waals surface area contributed by atoms with Crippen LogP contribution in [0.25, 0.3) is 27.7 Å². The molecule has 2 aromatic carbocycles. The zero-order valence-corrected chi connectivity index (χ0v) is 15.9. The van der Waals surface area contributed by atoms with Crippen LogP contribution in [0.4, 0.5) is 8.78 Å². The van der Waals surface area contributed by atoms with Gasteiger partial charge in [-0.05, 0) is 54.4 Å². The van der Waals surface area contributed by atoms with Gasteiger partial charge in [-0.15, -0.1) is 0 Å². The highest BCUT2D eigenvalue weighted by Gasteiger charge is 2.19. The van der Waals surface area contributed by atoms with Gasteiger partial charge in [0.25, 0.3) is 0 Å². The Hall–Kier alpha value is -3.87. The van der Waals surface area contributed by atoms with Gasteiger partial charge in [0, 0.05) is 30.0 Å². The summed E-state index contributed by atoms with van der Waals surface area (Å²) in [4.78, 5) is 29.3. The number of nitrogens with zero attached hydrogens (tertiary/aromatic N) is 2. The number of carbonyl (C=O) groups excluding carboxylic acids is 1. The predicted octanol–water partition coefficient (Wildman–Crippen LogP) is 4.51. The SMILES string of the molecule is CCOC(=O)c1cn(-c2ccc(F)cc2F)c2cc(-c3ccncc3)ccc2c1=O. The smallest absolute Gasteiger partial charge is 0.343 e. The molecule has 0 aliphatic rings. The number of pyridine rings is 2. The first-order valence-electron chi connectivity index (χ1n) is 9.22. The number of carbonyl (C=O) groups is 1. The lowest BCUT2D eigenvalue weighted by Crippen LogP contribution is -2.21. The summed E-state index contributed by atoms with van der Waals surface area (Å²) in [5.41, 5.74) is 1.23. The summed E-state index contributed by atoms with van der Waals surface area (Å²) in [6.45, 7) is 1.71. The Balaban J connectivity index is 2.05. The number of rotatable bonds is 4. The standard InChI is InChI=1S/C23H16F2N2O3/c1-2-30-23(29)18-13-27(20-6-4-16(24)12-19(20)25)21-11-15(3-5-17(21)22(18)28)14-7-9-26-10-8-14/h3-13H,2H2,1H3. The van der Waals surface area contributed by atoms with E-state index >= 15 is 0 Å². The van der Waals surface area contributed by atoms with Gasteiger partial charge in [-0.3, -0.25) is 9.78 Å². The second kappa shape index (κ2) is 7.87. The van der Waals surface area contributed by atoms with E-state index in [0.29, 0.717) is 5.52 Å². The highest BCUT2D eigenvalue weighted by atomic mass is 19.1. The van der Waals surface area contributed by atoms with Crippen LogP contribution in [0.5, 0.6) is 0 Å². The van der Waals surface area contributed by atoms with E-state index in [9.17, 15) is 18.4 Å². The largest absolute Gasteiger partial charge is 0.462 e. The number of benzene rings is 2. The Labute approximate surface area is 170 Å². The van der Waals surface area contributed by atoms with Crippen LogP contribution in [0.15, 0.2) is 71.9 Å². The van der Waals surface area contributed by atoms with Crippen molar-refractivity contribution >= 4 is 16.9 Å². The molecule has 0 saturated carbocycles. The highest BCUT2D eigenvalue weighted by molar-refractivity contribution is 5.95.